The maximum absolute atomic E-state index is 6.10. The van der Waals surface area contributed by atoms with Gasteiger partial charge in [0.05, 0.1) is 6.10 Å². The number of rotatable bonds is 6. The van der Waals surface area contributed by atoms with Gasteiger partial charge in [-0.3, -0.25) is 9.88 Å². The summed E-state index contributed by atoms with van der Waals surface area (Å²) in [5, 5.41) is 0. The smallest absolute Gasteiger partial charge is 0.0572 e. The molecule has 0 bridgehead atoms. The maximum atomic E-state index is 6.10. The van der Waals surface area contributed by atoms with Crippen molar-refractivity contribution >= 4 is 0 Å². The quantitative estimate of drug-likeness (QED) is 0.862. The summed E-state index contributed by atoms with van der Waals surface area (Å²) in [6.45, 7) is 1.73. The molecule has 2 rings (SSSR count). The predicted octanol–water partition coefficient (Wildman–Crippen LogP) is 1.84. The van der Waals surface area contributed by atoms with Gasteiger partial charge in [0.15, 0.2) is 0 Å². The highest BCUT2D eigenvalue weighted by Crippen LogP contribution is 2.33. The van der Waals surface area contributed by atoms with Crippen LogP contribution in [0.2, 0.25) is 0 Å². The molecule has 112 valence electrons. The Kier molecular flexibility index (Phi) is 5.52. The second-order valence-corrected chi connectivity index (χ2v) is 5.86. The molecule has 2 N–H and O–H groups in total. The van der Waals surface area contributed by atoms with Gasteiger partial charge < -0.3 is 10.5 Å². The summed E-state index contributed by atoms with van der Waals surface area (Å²) in [5.74, 6) is 0. The van der Waals surface area contributed by atoms with Crippen LogP contribution in [-0.2, 0) is 11.2 Å². The van der Waals surface area contributed by atoms with Crippen LogP contribution in [0.1, 0.15) is 31.4 Å². The molecule has 0 aromatic carbocycles. The summed E-state index contributed by atoms with van der Waals surface area (Å²) in [7, 11) is 4.01. The molecule has 1 fully saturated rings. The molecule has 0 radical (unpaired) electrons. The molecule has 20 heavy (non-hydrogen) atoms. The van der Waals surface area contributed by atoms with Gasteiger partial charge in [0.2, 0.25) is 0 Å². The Hall–Kier alpha value is -0.970. The molecule has 1 aromatic heterocycles. The minimum atomic E-state index is 0.143. The molecule has 0 spiro atoms. The Labute approximate surface area is 122 Å². The van der Waals surface area contributed by atoms with Crippen molar-refractivity contribution in [2.75, 3.05) is 27.2 Å². The first kappa shape index (κ1) is 15.4. The molecule has 0 aliphatic heterocycles. The summed E-state index contributed by atoms with van der Waals surface area (Å²) in [5.41, 5.74) is 7.39. The zero-order chi connectivity index (χ0) is 14.4. The summed E-state index contributed by atoms with van der Waals surface area (Å²) < 4.78 is 5.47. The normalized spacial score (nSPS) is 26.9. The first-order valence-corrected chi connectivity index (χ1v) is 7.54. The molecular weight excluding hydrogens is 250 g/mol. The van der Waals surface area contributed by atoms with Gasteiger partial charge >= 0.3 is 0 Å². The molecule has 1 aliphatic carbocycles. The summed E-state index contributed by atoms with van der Waals surface area (Å²) in [6.07, 6.45) is 7.73. The average Bonchev–Trinajstić information content (AvgIpc) is 2.53. The van der Waals surface area contributed by atoms with Crippen molar-refractivity contribution in [2.45, 2.75) is 43.7 Å². The van der Waals surface area contributed by atoms with Crippen LogP contribution in [0.15, 0.2) is 24.4 Å². The number of pyridine rings is 1. The lowest BCUT2D eigenvalue weighted by molar-refractivity contribution is 0.00378. The van der Waals surface area contributed by atoms with Crippen molar-refractivity contribution in [3.63, 3.8) is 0 Å². The minimum Gasteiger partial charge on any atom is -0.381 e. The Bertz CT molecular complexity index is 388. The van der Waals surface area contributed by atoms with Crippen molar-refractivity contribution < 1.29 is 4.74 Å². The lowest BCUT2D eigenvalue weighted by atomic mass is 9.79. The van der Waals surface area contributed by atoms with Crippen molar-refractivity contribution in [1.29, 1.82) is 0 Å². The lowest BCUT2D eigenvalue weighted by Gasteiger charge is -2.45. The van der Waals surface area contributed by atoms with Gasteiger partial charge in [-0.15, -0.1) is 0 Å². The molecule has 0 amide bonds. The fourth-order valence-corrected chi connectivity index (χ4v) is 3.17. The van der Waals surface area contributed by atoms with Crippen molar-refractivity contribution in [1.82, 2.24) is 9.88 Å². The van der Waals surface area contributed by atoms with Crippen molar-refractivity contribution in [3.8, 4) is 0 Å². The van der Waals surface area contributed by atoms with Crippen LogP contribution >= 0.6 is 0 Å². The van der Waals surface area contributed by atoms with Crippen LogP contribution in [0.3, 0.4) is 0 Å². The SMILES string of the molecule is COC1CCC(CN)(N(C)CCc2ccccn2)CC1. The number of hydrogen-bond acceptors (Lipinski definition) is 4. The van der Waals surface area contributed by atoms with E-state index in [1.165, 1.54) is 0 Å². The Morgan fingerprint density at radius 3 is 2.70 bits per heavy atom. The number of nitrogens with two attached hydrogens (primary N) is 1. The van der Waals surface area contributed by atoms with Gasteiger partial charge in [-0.05, 0) is 44.9 Å². The molecule has 1 saturated carbocycles. The third-order valence-electron chi connectivity index (χ3n) is 4.82. The Morgan fingerprint density at radius 2 is 2.15 bits per heavy atom. The minimum absolute atomic E-state index is 0.143. The van der Waals surface area contributed by atoms with E-state index in [1.807, 2.05) is 25.4 Å². The van der Waals surface area contributed by atoms with Gasteiger partial charge in [0, 0.05) is 44.0 Å². The summed E-state index contributed by atoms with van der Waals surface area (Å²) >= 11 is 0. The van der Waals surface area contributed by atoms with Crippen LogP contribution < -0.4 is 5.73 Å². The average molecular weight is 277 g/mol. The number of hydrogen-bond donors (Lipinski definition) is 1. The molecule has 1 aromatic rings. The van der Waals surface area contributed by atoms with E-state index in [4.69, 9.17) is 10.5 Å². The van der Waals surface area contributed by atoms with E-state index in [0.29, 0.717) is 6.10 Å². The van der Waals surface area contributed by atoms with Crippen molar-refractivity contribution in [2.24, 2.45) is 5.73 Å². The zero-order valence-electron chi connectivity index (χ0n) is 12.7. The zero-order valence-corrected chi connectivity index (χ0v) is 12.7. The van der Waals surface area contributed by atoms with E-state index in [2.05, 4.69) is 23.0 Å². The summed E-state index contributed by atoms with van der Waals surface area (Å²) in [4.78, 5) is 6.83. The second-order valence-electron chi connectivity index (χ2n) is 5.86. The fourth-order valence-electron chi connectivity index (χ4n) is 3.17. The highest BCUT2D eigenvalue weighted by molar-refractivity contribution is 5.04. The van der Waals surface area contributed by atoms with Crippen molar-refractivity contribution in [3.05, 3.63) is 30.1 Å². The number of nitrogens with zero attached hydrogens (tertiary/aromatic N) is 2. The Balaban J connectivity index is 1.90. The first-order valence-electron chi connectivity index (χ1n) is 7.54. The van der Waals surface area contributed by atoms with E-state index < -0.39 is 0 Å². The van der Waals surface area contributed by atoms with Crippen LogP contribution in [0.25, 0.3) is 0 Å². The molecule has 0 atom stereocenters. The van der Waals surface area contributed by atoms with Crippen LogP contribution in [0.5, 0.6) is 0 Å². The Morgan fingerprint density at radius 1 is 1.40 bits per heavy atom. The molecule has 0 unspecified atom stereocenters. The third kappa shape index (κ3) is 3.57. The molecule has 4 nitrogen and oxygen atoms in total. The predicted molar refractivity (Wildman–Crippen MR) is 81.6 cm³/mol. The van der Waals surface area contributed by atoms with Gasteiger partial charge in [-0.25, -0.2) is 0 Å². The topological polar surface area (TPSA) is 51.4 Å². The van der Waals surface area contributed by atoms with E-state index in [1.54, 1.807) is 0 Å². The monoisotopic (exact) mass is 277 g/mol. The van der Waals surface area contributed by atoms with E-state index in [0.717, 1.165) is 50.9 Å². The van der Waals surface area contributed by atoms with Crippen LogP contribution in [0, 0.1) is 0 Å². The number of ether oxygens (including phenoxy) is 1. The highest BCUT2D eigenvalue weighted by Gasteiger charge is 2.37. The molecule has 0 saturated heterocycles. The molecule has 4 heteroatoms. The van der Waals surface area contributed by atoms with Gasteiger partial charge in [-0.1, -0.05) is 6.07 Å². The number of likely N-dealkylation sites (N-methyl/N-ethyl adjacent to an activating group) is 1. The van der Waals surface area contributed by atoms with E-state index in [9.17, 15) is 0 Å². The third-order valence-corrected chi connectivity index (χ3v) is 4.82. The van der Waals surface area contributed by atoms with E-state index in [-0.39, 0.29) is 5.54 Å². The van der Waals surface area contributed by atoms with Crippen LogP contribution in [0.4, 0.5) is 0 Å². The van der Waals surface area contributed by atoms with Gasteiger partial charge in [-0.2, -0.15) is 0 Å². The first-order chi connectivity index (χ1) is 9.70. The molecular formula is C16H27N3O. The summed E-state index contributed by atoms with van der Waals surface area (Å²) in [6, 6.07) is 6.09. The second kappa shape index (κ2) is 7.16. The molecule has 1 heterocycles. The van der Waals surface area contributed by atoms with Crippen LogP contribution in [-0.4, -0.2) is 48.8 Å². The fraction of sp³-hybridized carbons (Fsp3) is 0.688. The maximum Gasteiger partial charge on any atom is 0.0572 e. The van der Waals surface area contributed by atoms with Gasteiger partial charge in [0.1, 0.15) is 0 Å². The highest BCUT2D eigenvalue weighted by atomic mass is 16.5. The van der Waals surface area contributed by atoms with Gasteiger partial charge in [0.25, 0.3) is 0 Å². The standard InChI is InChI=1S/C16H27N3O/c1-19(12-8-14-5-3-4-11-18-14)16(13-17)9-6-15(20-2)7-10-16/h3-5,11,15H,6-10,12-13,17H2,1-2H3. The van der Waals surface area contributed by atoms with E-state index >= 15 is 0 Å². The number of methoxy groups -OCH3 is 1. The number of aromatic nitrogens is 1. The lowest BCUT2D eigenvalue weighted by Crippen LogP contribution is -2.55. The molecule has 1 aliphatic rings. The largest absolute Gasteiger partial charge is 0.381 e.